The second kappa shape index (κ2) is 35.6. The molecule has 6 N–H and O–H groups in total. The van der Waals surface area contributed by atoms with Crippen LogP contribution < -0.4 is 0 Å². The largest absolute Gasteiger partial charge is 0.466 e. The van der Waals surface area contributed by atoms with Crippen molar-refractivity contribution in [2.75, 3.05) is 26.4 Å². The van der Waals surface area contributed by atoms with Crippen LogP contribution in [0.5, 0.6) is 0 Å². The number of ether oxygens (including phenoxy) is 2. The fourth-order valence-corrected chi connectivity index (χ4v) is 9.20. The molecule has 2 bridgehead atoms. The van der Waals surface area contributed by atoms with Crippen LogP contribution >= 0.6 is 0 Å². The van der Waals surface area contributed by atoms with Crippen LogP contribution in [0.15, 0.2) is 0 Å². The molecular weight excluding hydrogens is 712 g/mol. The quantitative estimate of drug-likeness (QED) is 0.0285. The Bertz CT molecular complexity index is 848. The number of fused-ring (bicyclic) bond motifs is 5. The second-order valence-corrected chi connectivity index (χ2v) is 16.9. The average Bonchev–Trinajstić information content (AvgIpc) is 3.95. The van der Waals surface area contributed by atoms with Crippen LogP contribution in [0, 0.1) is 23.7 Å². The number of hydrogen-bond donors (Lipinski definition) is 6. The molecular formula is C46H88O10. The van der Waals surface area contributed by atoms with Gasteiger partial charge in [-0.05, 0) is 121 Å². The van der Waals surface area contributed by atoms with Gasteiger partial charge in [-0.15, -0.1) is 0 Å². The number of carbonyl (C=O) groups is 2. The van der Waals surface area contributed by atoms with Crippen molar-refractivity contribution in [3.63, 3.8) is 0 Å². The van der Waals surface area contributed by atoms with Crippen molar-refractivity contribution in [3.05, 3.63) is 0 Å². The van der Waals surface area contributed by atoms with E-state index in [4.69, 9.17) is 19.7 Å². The minimum atomic E-state index is -0.632. The Balaban J connectivity index is 0.000000446. The first-order valence-corrected chi connectivity index (χ1v) is 23.4. The molecule has 3 aliphatic rings. The average molecular weight is 801 g/mol. The molecule has 3 fully saturated rings. The molecule has 0 aromatic heterocycles. The maximum Gasteiger partial charge on any atom is 0.305 e. The van der Waals surface area contributed by atoms with E-state index < -0.39 is 24.4 Å². The molecule has 0 heterocycles. The van der Waals surface area contributed by atoms with Gasteiger partial charge in [-0.3, -0.25) is 9.59 Å². The van der Waals surface area contributed by atoms with Crippen LogP contribution in [0.25, 0.3) is 0 Å². The lowest BCUT2D eigenvalue weighted by molar-refractivity contribution is -0.144. The first-order chi connectivity index (χ1) is 27.2. The first-order valence-electron chi connectivity index (χ1n) is 23.4. The predicted octanol–water partition coefficient (Wildman–Crippen LogP) is 8.72. The molecule has 8 atom stereocenters. The third-order valence-electron chi connectivity index (χ3n) is 12.4. The van der Waals surface area contributed by atoms with Gasteiger partial charge in [0.05, 0.1) is 37.6 Å². The van der Waals surface area contributed by atoms with E-state index in [-0.39, 0.29) is 25.2 Å². The molecule has 10 heteroatoms. The smallest absolute Gasteiger partial charge is 0.305 e. The molecule has 3 saturated carbocycles. The maximum atomic E-state index is 11.1. The van der Waals surface area contributed by atoms with E-state index >= 15 is 0 Å². The van der Waals surface area contributed by atoms with E-state index in [0.29, 0.717) is 51.7 Å². The third kappa shape index (κ3) is 25.9. The highest BCUT2D eigenvalue weighted by atomic mass is 16.5. The molecule has 10 nitrogen and oxygen atoms in total. The lowest BCUT2D eigenvalue weighted by atomic mass is 9.82. The second-order valence-electron chi connectivity index (χ2n) is 16.9. The fourth-order valence-electron chi connectivity index (χ4n) is 9.20. The molecule has 3 aliphatic carbocycles. The van der Waals surface area contributed by atoms with Gasteiger partial charge in [-0.25, -0.2) is 0 Å². The van der Waals surface area contributed by atoms with Crippen LogP contribution in [0.3, 0.4) is 0 Å². The number of rotatable bonds is 32. The Kier molecular flexibility index (Phi) is 33.5. The van der Waals surface area contributed by atoms with Crippen molar-refractivity contribution >= 4 is 11.9 Å². The molecule has 8 unspecified atom stereocenters. The van der Waals surface area contributed by atoms with Gasteiger partial charge in [0, 0.05) is 26.1 Å². The SMILES string of the molecule is C1CC2C3CCC(C3)C2C1.CCOC(=O)CCCCCCCC(O)C(O)CCCCCCO.CCOC(=O)CCCCCCCC(O)C(O)CCCCCCO. The molecule has 0 spiro atoms. The van der Waals surface area contributed by atoms with Gasteiger partial charge in [-0.1, -0.05) is 96.3 Å². The molecule has 0 radical (unpaired) electrons. The zero-order valence-electron chi connectivity index (χ0n) is 36.0. The summed E-state index contributed by atoms with van der Waals surface area (Å²) in [6.45, 7) is 4.97. The Hall–Kier alpha value is -1.30. The highest BCUT2D eigenvalue weighted by molar-refractivity contribution is 5.69. The van der Waals surface area contributed by atoms with Crippen LogP contribution in [-0.2, 0) is 19.1 Å². The van der Waals surface area contributed by atoms with Gasteiger partial charge in [0.1, 0.15) is 0 Å². The topological polar surface area (TPSA) is 174 Å². The standard InChI is InChI=1S/2C18H36O5.C10H16/c2*1-2-23-18(22)14-10-5-3-4-8-12-16(20)17(21)13-9-6-7-11-15-19;1-2-9-7-4-5-8(6-7)10(9)3-1/h2*16-17,19-21H,2-15H2,1H3;7-10H,1-6H2. The summed E-state index contributed by atoms with van der Waals surface area (Å²) in [5, 5.41) is 56.9. The molecule has 0 aromatic carbocycles. The Morgan fingerprint density at radius 3 is 1.09 bits per heavy atom. The number of carbonyl (C=O) groups excluding carboxylic acids is 2. The van der Waals surface area contributed by atoms with Gasteiger partial charge in [0.25, 0.3) is 0 Å². The summed E-state index contributed by atoms with van der Waals surface area (Å²) in [5.74, 6) is 4.56. The van der Waals surface area contributed by atoms with Gasteiger partial charge in [-0.2, -0.15) is 0 Å². The minimum absolute atomic E-state index is 0.120. The summed E-state index contributed by atoms with van der Waals surface area (Å²) in [6, 6.07) is 0. The Morgan fingerprint density at radius 1 is 0.464 bits per heavy atom. The number of aliphatic hydroxyl groups excluding tert-OH is 6. The summed E-state index contributed by atoms with van der Waals surface area (Å²) in [4.78, 5) is 22.3. The van der Waals surface area contributed by atoms with E-state index in [0.717, 1.165) is 116 Å². The Morgan fingerprint density at radius 2 is 0.768 bits per heavy atom. The van der Waals surface area contributed by atoms with E-state index in [2.05, 4.69) is 0 Å². The number of unbranched alkanes of at least 4 members (excludes halogenated alkanes) is 14. The zero-order valence-corrected chi connectivity index (χ0v) is 36.0. The van der Waals surface area contributed by atoms with Gasteiger partial charge < -0.3 is 40.1 Å². The monoisotopic (exact) mass is 801 g/mol. The molecule has 56 heavy (non-hydrogen) atoms. The number of esters is 2. The van der Waals surface area contributed by atoms with Crippen LogP contribution in [0.4, 0.5) is 0 Å². The predicted molar refractivity (Wildman–Crippen MR) is 224 cm³/mol. The molecule has 3 rings (SSSR count). The van der Waals surface area contributed by atoms with E-state index in [9.17, 15) is 30.0 Å². The first kappa shape index (κ1) is 52.7. The highest BCUT2D eigenvalue weighted by Gasteiger charge is 2.48. The molecule has 332 valence electrons. The van der Waals surface area contributed by atoms with Crippen molar-refractivity contribution in [2.45, 2.75) is 231 Å². The summed E-state index contributed by atoms with van der Waals surface area (Å²) < 4.78 is 9.74. The molecule has 0 aliphatic heterocycles. The normalized spacial score (nSPS) is 21.6. The van der Waals surface area contributed by atoms with Gasteiger partial charge in [0.15, 0.2) is 0 Å². The van der Waals surface area contributed by atoms with E-state index in [1.54, 1.807) is 38.5 Å². The van der Waals surface area contributed by atoms with Crippen LogP contribution in [-0.4, -0.2) is 93.4 Å². The summed E-state index contributed by atoms with van der Waals surface area (Å²) in [5.41, 5.74) is 0. The summed E-state index contributed by atoms with van der Waals surface area (Å²) in [7, 11) is 0. The van der Waals surface area contributed by atoms with Gasteiger partial charge >= 0.3 is 11.9 Å². The third-order valence-corrected chi connectivity index (χ3v) is 12.4. The number of hydrogen-bond acceptors (Lipinski definition) is 10. The zero-order chi connectivity index (χ0) is 41.2. The summed E-state index contributed by atoms with van der Waals surface area (Å²) >= 11 is 0. The van der Waals surface area contributed by atoms with Gasteiger partial charge in [0.2, 0.25) is 0 Å². The van der Waals surface area contributed by atoms with Crippen LogP contribution in [0.1, 0.15) is 206 Å². The lowest BCUT2D eigenvalue weighted by Gasteiger charge is -2.23. The molecule has 0 amide bonds. The van der Waals surface area contributed by atoms with Crippen molar-refractivity contribution in [2.24, 2.45) is 23.7 Å². The molecule has 0 aromatic rings. The fraction of sp³-hybridized carbons (Fsp3) is 0.957. The van der Waals surface area contributed by atoms with E-state index in [1.165, 1.54) is 23.7 Å². The van der Waals surface area contributed by atoms with E-state index in [1.807, 2.05) is 13.8 Å². The Labute approximate surface area is 341 Å². The highest BCUT2D eigenvalue weighted by Crippen LogP contribution is 2.58. The van der Waals surface area contributed by atoms with Crippen molar-refractivity contribution < 1.29 is 49.7 Å². The van der Waals surface area contributed by atoms with Crippen molar-refractivity contribution in [1.82, 2.24) is 0 Å². The lowest BCUT2D eigenvalue weighted by Crippen LogP contribution is -2.25. The summed E-state index contributed by atoms with van der Waals surface area (Å²) in [6.07, 6.45) is 27.5. The molecule has 0 saturated heterocycles. The van der Waals surface area contributed by atoms with Crippen molar-refractivity contribution in [3.8, 4) is 0 Å². The minimum Gasteiger partial charge on any atom is -0.466 e. The van der Waals surface area contributed by atoms with Crippen LogP contribution in [0.2, 0.25) is 0 Å². The number of aliphatic hydroxyl groups is 6. The maximum absolute atomic E-state index is 11.1. The van der Waals surface area contributed by atoms with Crippen molar-refractivity contribution in [1.29, 1.82) is 0 Å².